The van der Waals surface area contributed by atoms with E-state index in [-0.39, 0.29) is 116 Å². The van der Waals surface area contributed by atoms with E-state index in [0.29, 0.717) is 0 Å². The number of nitrogens with one attached hydrogen (secondary N) is 2. The molecule has 0 aliphatic carbocycles. The SMILES string of the molecule is CC(C)(C)OC(=O)N[C@H]1CC(=O)CO[C@@H]1c1cc(F)ccc1F.CC(C)(C)OC(=O)N[C@H]1CC(O)CO[C@@H]1c1cc(F)ccc1F.O=Cc1cc(F)ccc1F.O=[N+]([O-])C1CC=CO[C@@H]1c1cc(F)ccc1F.O=[N+]([O-])C1CCC(O)O[C@@H]1c1cc(F)ccc1F.O=[N+]([O-])C[C@H](O)c1cc(F)ccc1F.O=[N+]([O-])[C@H]1CC(O)CO[C@@H]1c1cc(F)ccc1F.O=[N+]([O-])[C@H]1CC=CO[C@@H]1c1cc(F)ccc1F. The van der Waals surface area contributed by atoms with Gasteiger partial charge < -0.3 is 69.0 Å². The molecule has 6 N–H and O–H groups in total. The van der Waals surface area contributed by atoms with Crippen molar-refractivity contribution in [2.75, 3.05) is 26.4 Å². The van der Waals surface area contributed by atoms with Gasteiger partial charge in [-0.15, -0.1) is 0 Å². The van der Waals surface area contributed by atoms with E-state index in [1.54, 1.807) is 41.5 Å². The minimum Gasteiger partial charge on any atom is -0.486 e. The third kappa shape index (κ3) is 35.0. The number of ketones is 1. The fourth-order valence-electron chi connectivity index (χ4n) is 14.0. The number of nitrogens with zero attached hydrogens (tertiary/aromatic N) is 5. The Morgan fingerprint density at radius 1 is 0.429 bits per heavy atom. The number of benzene rings is 8. The molecule has 6 aliphatic heterocycles. The first kappa shape index (κ1) is 113. The number of rotatable bonds is 16. The Kier molecular flexibility index (Phi) is 42.3. The zero-order valence-corrected chi connectivity index (χ0v) is 74.3. The van der Waals surface area contributed by atoms with E-state index < -0.39 is 251 Å². The van der Waals surface area contributed by atoms with Crippen molar-refractivity contribution in [2.45, 2.75) is 195 Å². The second-order valence-corrected chi connectivity index (χ2v) is 33.1. The van der Waals surface area contributed by atoms with Crippen LogP contribution in [0.5, 0.6) is 0 Å². The summed E-state index contributed by atoms with van der Waals surface area (Å²) in [5.74, 6) is -11.4. The van der Waals surface area contributed by atoms with Crippen LogP contribution in [0.3, 0.4) is 0 Å². The zero-order chi connectivity index (χ0) is 104. The van der Waals surface area contributed by atoms with Crippen LogP contribution in [0.15, 0.2) is 170 Å². The van der Waals surface area contributed by atoms with Crippen molar-refractivity contribution in [3.63, 3.8) is 0 Å². The number of ether oxygens (including phenoxy) is 8. The van der Waals surface area contributed by atoms with Gasteiger partial charge in [0, 0.05) is 102 Å². The van der Waals surface area contributed by atoms with Gasteiger partial charge in [0.25, 0.3) is 12.1 Å². The smallest absolute Gasteiger partial charge is 0.407 e. The Labute approximate surface area is 784 Å². The summed E-state index contributed by atoms with van der Waals surface area (Å²) in [5, 5.41) is 96.0. The van der Waals surface area contributed by atoms with Crippen molar-refractivity contribution >= 4 is 24.3 Å². The maximum absolute atomic E-state index is 14.0. The van der Waals surface area contributed by atoms with Gasteiger partial charge in [0.2, 0.25) is 18.6 Å². The number of Topliss-reactive ketones (excluding diaryl/α,β-unsaturated/α-hetero) is 1. The van der Waals surface area contributed by atoms with Crippen LogP contribution in [0, 0.1) is 144 Å². The number of aliphatic hydroxyl groups excluding tert-OH is 4. The van der Waals surface area contributed by atoms with Crippen molar-refractivity contribution in [3.05, 3.63) is 358 Å². The monoisotopic (exact) mass is 2000 g/mol. The van der Waals surface area contributed by atoms with E-state index >= 15 is 0 Å². The minimum absolute atomic E-state index is 0.00189. The first-order valence-corrected chi connectivity index (χ1v) is 41.8. The largest absolute Gasteiger partial charge is 0.486 e. The van der Waals surface area contributed by atoms with Gasteiger partial charge in [0.1, 0.15) is 129 Å². The van der Waals surface area contributed by atoms with Crippen LogP contribution >= 0.6 is 0 Å². The first-order valence-electron chi connectivity index (χ1n) is 41.8. The molecule has 33 nitrogen and oxygen atoms in total. The molecule has 2 amide bonds. The summed E-state index contributed by atoms with van der Waals surface area (Å²) in [5.41, 5.74) is -2.80. The van der Waals surface area contributed by atoms with Crippen LogP contribution < -0.4 is 10.6 Å². The van der Waals surface area contributed by atoms with Crippen LogP contribution in [-0.4, -0.2) is 162 Å². The number of amides is 2. The van der Waals surface area contributed by atoms with Gasteiger partial charge >= 0.3 is 12.2 Å². The molecule has 4 fully saturated rings. The molecular weight excluding hydrogens is 1910 g/mol. The zero-order valence-electron chi connectivity index (χ0n) is 74.3. The van der Waals surface area contributed by atoms with Gasteiger partial charge in [-0.25, -0.2) is 79.8 Å². The molecule has 8 aromatic rings. The average Bonchev–Trinajstić information content (AvgIpc) is 0.898. The normalized spacial score (nSPS) is 22.5. The van der Waals surface area contributed by atoms with E-state index in [2.05, 4.69) is 10.6 Å². The second kappa shape index (κ2) is 52.3. The lowest BCUT2D eigenvalue weighted by atomic mass is 9.94. The van der Waals surface area contributed by atoms with Gasteiger partial charge in [0.05, 0.1) is 55.6 Å². The summed E-state index contributed by atoms with van der Waals surface area (Å²) in [4.78, 5) is 95.6. The van der Waals surface area contributed by atoms with Crippen molar-refractivity contribution < 1.29 is 172 Å². The Morgan fingerprint density at radius 3 is 1.14 bits per heavy atom. The molecular formula is C91H91F16N7O26. The molecule has 0 saturated carbocycles. The van der Waals surface area contributed by atoms with Crippen LogP contribution in [0.1, 0.15) is 179 Å². The molecule has 6 heterocycles. The number of alkyl carbamates (subject to hydrolysis) is 2. The van der Waals surface area contributed by atoms with Gasteiger partial charge in [0.15, 0.2) is 42.8 Å². The van der Waals surface area contributed by atoms with Crippen molar-refractivity contribution in [2.24, 2.45) is 0 Å². The number of carbonyl (C=O) groups is 4. The molecule has 140 heavy (non-hydrogen) atoms. The minimum atomic E-state index is -1.62. The van der Waals surface area contributed by atoms with Crippen LogP contribution in [0.2, 0.25) is 0 Å². The number of aliphatic hydroxyl groups is 4. The third-order valence-electron chi connectivity index (χ3n) is 20.2. The molecule has 49 heteroatoms. The second-order valence-electron chi connectivity index (χ2n) is 33.1. The van der Waals surface area contributed by atoms with Crippen molar-refractivity contribution in [3.8, 4) is 0 Å². The third-order valence-corrected chi connectivity index (χ3v) is 20.2. The summed E-state index contributed by atoms with van der Waals surface area (Å²) in [6, 6.07) is 15.9. The molecule has 16 atom stereocenters. The van der Waals surface area contributed by atoms with Gasteiger partial charge in [-0.05, 0) is 206 Å². The fourth-order valence-corrected chi connectivity index (χ4v) is 14.0. The average molecular weight is 2000 g/mol. The summed E-state index contributed by atoms with van der Waals surface area (Å²) in [7, 11) is 0. The number of hydrogen-bond donors (Lipinski definition) is 6. The van der Waals surface area contributed by atoms with Gasteiger partial charge in [-0.2, -0.15) is 0 Å². The topological polar surface area (TPSA) is 463 Å². The summed E-state index contributed by atoms with van der Waals surface area (Å²) >= 11 is 0. The summed E-state index contributed by atoms with van der Waals surface area (Å²) in [6.45, 7) is 9.00. The maximum atomic E-state index is 14.0. The maximum Gasteiger partial charge on any atom is 0.407 e. The van der Waals surface area contributed by atoms with Crippen LogP contribution in [0.25, 0.3) is 0 Å². The molecule has 0 spiro atoms. The van der Waals surface area contributed by atoms with Crippen molar-refractivity contribution in [1.29, 1.82) is 0 Å². The van der Waals surface area contributed by atoms with E-state index in [1.165, 1.54) is 24.7 Å². The Hall–Kier alpha value is -13.7. The van der Waals surface area contributed by atoms with Crippen LogP contribution in [-0.2, 0) is 42.7 Å². The molecule has 6 aliphatic rings. The molecule has 4 saturated heterocycles. The highest BCUT2D eigenvalue weighted by Crippen LogP contribution is 2.39. The summed E-state index contributed by atoms with van der Waals surface area (Å²) < 4.78 is 252. The Bertz CT molecular complexity index is 5630. The summed E-state index contributed by atoms with van der Waals surface area (Å²) in [6.07, 6.45) is -6.38. The number of halogens is 16. The molecule has 14 rings (SSSR count). The quantitative estimate of drug-likeness (QED) is 0.0226. The van der Waals surface area contributed by atoms with E-state index in [1.807, 2.05) is 0 Å². The molecule has 0 aromatic heterocycles. The fraction of sp³-hybridized carbons (Fsp3) is 0.385. The van der Waals surface area contributed by atoms with Crippen molar-refractivity contribution in [1.82, 2.24) is 10.6 Å². The number of hydrogen-bond acceptors (Lipinski definition) is 26. The number of nitro groups is 5. The first-order chi connectivity index (χ1) is 65.7. The van der Waals surface area contributed by atoms with E-state index in [4.69, 9.17) is 43.0 Å². The molecule has 8 aromatic carbocycles. The molecule has 0 radical (unpaired) electrons. The lowest BCUT2D eigenvalue weighted by Crippen LogP contribution is -2.48. The Morgan fingerprint density at radius 2 is 0.764 bits per heavy atom. The standard InChI is InChI=1S/C16H21F2NO4.C16H19F2NO4.2C11H11F2NO4.2C11H9F2NO3.C8H7F2NO3.C7H4F2O/c2*1-16(2,3)23-15(21)19-13-7-10(20)8-22-14(13)11-6-9(17)4-5-12(11)18;12-6-1-2-9(13)8(3-6)11-10(14(16)17)4-7(15)5-18-11;12-6-1-2-8(13)7(5-6)11-9(14(16)17)3-4-10(15)18-11;2*12-7-3-4-9(13)8(6-7)11-10(14(15)16)2-1-5-17-11;9-5-1-2-7(10)6(3-5)8(12)4-11(13)14;8-6-1-2-7(9)5(3-6)4-10/h4-6,10,13-14,20H,7-8H2,1-3H3,(H,19,21);4-6,13-14H,7-8H2,1-3H3,(H,19,21);1-3,7,10-11,15H,4-5H2;1-2,5,9-11,15H,3-4H2;2*1,3-6,10-11H,2H2;1-3,8,12H,4H2;1-4H/t10?,13-,14+;13-,14+;7?,10-,11+;9?,10?,11-;10?,11-;10-,11+;8-;/m0001100./s1. The van der Waals surface area contributed by atoms with E-state index in [9.17, 15) is 155 Å². The lowest BCUT2D eigenvalue weighted by Gasteiger charge is -2.35. The lowest BCUT2D eigenvalue weighted by molar-refractivity contribution is -0.547. The Balaban J connectivity index is 0.000000219. The van der Waals surface area contributed by atoms with Gasteiger partial charge in [-0.1, -0.05) is 0 Å². The predicted octanol–water partition coefficient (Wildman–Crippen LogP) is 17.0. The number of aldehydes is 1. The molecule has 758 valence electrons. The number of carbonyl (C=O) groups excluding carboxylic acids is 4. The van der Waals surface area contributed by atoms with Gasteiger partial charge in [-0.3, -0.25) is 60.2 Å². The van der Waals surface area contributed by atoms with Crippen LogP contribution in [0.4, 0.5) is 79.8 Å². The predicted molar refractivity (Wildman–Crippen MR) is 454 cm³/mol. The highest BCUT2D eigenvalue weighted by molar-refractivity contribution is 5.82. The highest BCUT2D eigenvalue weighted by atomic mass is 19.2. The molecule has 5 unspecified atom stereocenters. The highest BCUT2D eigenvalue weighted by Gasteiger charge is 2.45. The van der Waals surface area contributed by atoms with E-state index in [0.717, 1.165) is 146 Å². The molecule has 0 bridgehead atoms.